The average molecular weight is 403 g/mol. The molecule has 2 aromatic carbocycles. The molecule has 0 saturated carbocycles. The summed E-state index contributed by atoms with van der Waals surface area (Å²) >= 11 is 0. The zero-order valence-electron chi connectivity index (χ0n) is 16.3. The molecule has 1 aromatic heterocycles. The van der Waals surface area contributed by atoms with Gasteiger partial charge in [0.15, 0.2) is 0 Å². The molecule has 0 amide bonds. The maximum Gasteiger partial charge on any atom is 0.416 e. The van der Waals surface area contributed by atoms with Crippen molar-refractivity contribution in [1.29, 1.82) is 0 Å². The highest BCUT2D eigenvalue weighted by molar-refractivity contribution is 5.87. The van der Waals surface area contributed by atoms with Crippen molar-refractivity contribution >= 4 is 11.0 Å². The summed E-state index contributed by atoms with van der Waals surface area (Å²) in [5.74, 6) is 0.671. The van der Waals surface area contributed by atoms with Crippen molar-refractivity contribution in [3.05, 3.63) is 74.1 Å². The summed E-state index contributed by atoms with van der Waals surface area (Å²) in [7, 11) is 0. The third-order valence-corrected chi connectivity index (χ3v) is 5.45. The normalized spacial score (nSPS) is 14.7. The van der Waals surface area contributed by atoms with Gasteiger partial charge in [-0.15, -0.1) is 0 Å². The summed E-state index contributed by atoms with van der Waals surface area (Å²) in [5.41, 5.74) is 3.18. The molecule has 29 heavy (non-hydrogen) atoms. The van der Waals surface area contributed by atoms with Crippen LogP contribution in [0, 0.1) is 20.8 Å². The standard InChI is InChI=1S/C22H20F3NO3/c1-12-13(2)21(27)29-20-14(3)19-16(8-18(12)20)10-26(11-28-19)9-15-5-4-6-17(7-15)22(23,24)25/h4-8H,9-11H2,1-3H3. The van der Waals surface area contributed by atoms with Crippen LogP contribution in [0.3, 0.4) is 0 Å². The number of nitrogens with zero attached hydrogens (tertiary/aromatic N) is 1. The van der Waals surface area contributed by atoms with E-state index >= 15 is 0 Å². The molecular formula is C22H20F3NO3. The molecule has 0 bridgehead atoms. The number of rotatable bonds is 2. The zero-order chi connectivity index (χ0) is 20.9. The summed E-state index contributed by atoms with van der Waals surface area (Å²) in [6.07, 6.45) is -4.36. The van der Waals surface area contributed by atoms with Crippen LogP contribution in [-0.4, -0.2) is 11.6 Å². The van der Waals surface area contributed by atoms with E-state index in [1.54, 1.807) is 13.0 Å². The Bertz CT molecular complexity index is 1160. The number of hydrogen-bond donors (Lipinski definition) is 0. The van der Waals surface area contributed by atoms with Crippen LogP contribution in [0.4, 0.5) is 13.2 Å². The van der Waals surface area contributed by atoms with Crippen LogP contribution >= 0.6 is 0 Å². The Morgan fingerprint density at radius 1 is 1.07 bits per heavy atom. The summed E-state index contributed by atoms with van der Waals surface area (Å²) in [6.45, 7) is 6.56. The molecule has 4 rings (SSSR count). The van der Waals surface area contributed by atoms with E-state index in [2.05, 4.69) is 0 Å². The van der Waals surface area contributed by atoms with Gasteiger partial charge in [0.2, 0.25) is 0 Å². The molecule has 0 atom stereocenters. The monoisotopic (exact) mass is 403 g/mol. The first-order valence-corrected chi connectivity index (χ1v) is 9.23. The number of aryl methyl sites for hydroxylation is 2. The lowest BCUT2D eigenvalue weighted by molar-refractivity contribution is -0.137. The van der Waals surface area contributed by atoms with Gasteiger partial charge in [0.1, 0.15) is 18.1 Å². The van der Waals surface area contributed by atoms with Gasteiger partial charge in [-0.25, -0.2) is 4.79 Å². The molecule has 3 aromatic rings. The first kappa shape index (κ1) is 19.5. The largest absolute Gasteiger partial charge is 0.477 e. The molecule has 1 aliphatic heterocycles. The predicted molar refractivity (Wildman–Crippen MR) is 103 cm³/mol. The molecule has 0 radical (unpaired) electrons. The Labute approximate surface area is 165 Å². The van der Waals surface area contributed by atoms with Crippen LogP contribution in [0.15, 0.2) is 39.5 Å². The first-order valence-electron chi connectivity index (χ1n) is 9.23. The van der Waals surface area contributed by atoms with Gasteiger partial charge in [-0.1, -0.05) is 18.2 Å². The maximum absolute atomic E-state index is 13.0. The van der Waals surface area contributed by atoms with Crippen molar-refractivity contribution < 1.29 is 22.3 Å². The number of fused-ring (bicyclic) bond motifs is 2. The minimum atomic E-state index is -4.36. The Hall–Kier alpha value is -2.80. The number of hydrogen-bond acceptors (Lipinski definition) is 4. The SMILES string of the molecule is Cc1c(C)c2cc3c(c(C)c2oc1=O)OCN(Cc1cccc(C(F)(F)F)c1)C3. The van der Waals surface area contributed by atoms with E-state index in [1.807, 2.05) is 24.8 Å². The predicted octanol–water partition coefficient (Wildman–Crippen LogP) is 5.09. The highest BCUT2D eigenvalue weighted by Gasteiger charge is 2.30. The fourth-order valence-electron chi connectivity index (χ4n) is 3.75. The molecule has 0 N–H and O–H groups in total. The fourth-order valence-corrected chi connectivity index (χ4v) is 3.75. The maximum atomic E-state index is 13.0. The molecule has 4 nitrogen and oxygen atoms in total. The van der Waals surface area contributed by atoms with Gasteiger partial charge < -0.3 is 9.15 Å². The molecule has 0 spiro atoms. The van der Waals surface area contributed by atoms with Crippen LogP contribution in [0.2, 0.25) is 0 Å². The third-order valence-electron chi connectivity index (χ3n) is 5.45. The molecule has 0 aliphatic carbocycles. The van der Waals surface area contributed by atoms with Gasteiger partial charge in [0, 0.05) is 35.2 Å². The Morgan fingerprint density at radius 3 is 2.55 bits per heavy atom. The Balaban J connectivity index is 1.67. The van der Waals surface area contributed by atoms with Crippen LogP contribution in [0.1, 0.15) is 33.4 Å². The highest BCUT2D eigenvalue weighted by atomic mass is 19.4. The first-order chi connectivity index (χ1) is 13.6. The number of alkyl halides is 3. The molecule has 0 saturated heterocycles. The fraction of sp³-hybridized carbons (Fsp3) is 0.318. The zero-order valence-corrected chi connectivity index (χ0v) is 16.3. The van der Waals surface area contributed by atoms with Crippen LogP contribution in [-0.2, 0) is 19.3 Å². The third kappa shape index (κ3) is 3.51. The van der Waals surface area contributed by atoms with Crippen molar-refractivity contribution in [2.45, 2.75) is 40.0 Å². The lowest BCUT2D eigenvalue weighted by Gasteiger charge is -2.30. The Kier molecular flexibility index (Phi) is 4.65. The average Bonchev–Trinajstić information content (AvgIpc) is 2.67. The van der Waals surface area contributed by atoms with E-state index < -0.39 is 11.7 Å². The van der Waals surface area contributed by atoms with Gasteiger partial charge in [-0.05, 0) is 44.0 Å². The summed E-state index contributed by atoms with van der Waals surface area (Å²) < 4.78 is 50.3. The highest BCUT2D eigenvalue weighted by Crippen LogP contribution is 2.36. The van der Waals surface area contributed by atoms with Crippen molar-refractivity contribution in [2.75, 3.05) is 6.73 Å². The van der Waals surface area contributed by atoms with Gasteiger partial charge in [-0.2, -0.15) is 13.2 Å². The second kappa shape index (κ2) is 6.91. The minimum absolute atomic E-state index is 0.241. The van der Waals surface area contributed by atoms with Crippen LogP contribution in [0.5, 0.6) is 5.75 Å². The second-order valence-electron chi connectivity index (χ2n) is 7.46. The quantitative estimate of drug-likeness (QED) is 0.559. The van der Waals surface area contributed by atoms with Crippen molar-refractivity contribution in [3.63, 3.8) is 0 Å². The molecule has 152 valence electrons. The van der Waals surface area contributed by atoms with E-state index in [-0.39, 0.29) is 12.4 Å². The van der Waals surface area contributed by atoms with Crippen molar-refractivity contribution in [3.8, 4) is 5.75 Å². The summed E-state index contributed by atoms with van der Waals surface area (Å²) in [4.78, 5) is 14.0. The van der Waals surface area contributed by atoms with Crippen molar-refractivity contribution in [1.82, 2.24) is 4.90 Å². The molecule has 0 unspecified atom stereocenters. The van der Waals surface area contributed by atoms with E-state index in [1.165, 1.54) is 12.1 Å². The van der Waals surface area contributed by atoms with Gasteiger partial charge in [0.05, 0.1) is 5.56 Å². The van der Waals surface area contributed by atoms with E-state index in [0.717, 1.165) is 28.1 Å². The number of ether oxygens (including phenoxy) is 1. The summed E-state index contributed by atoms with van der Waals surface area (Å²) in [6, 6.07) is 7.28. The lowest BCUT2D eigenvalue weighted by Crippen LogP contribution is -2.32. The minimum Gasteiger partial charge on any atom is -0.477 e. The van der Waals surface area contributed by atoms with Gasteiger partial charge in [0.25, 0.3) is 0 Å². The molecule has 1 aliphatic rings. The van der Waals surface area contributed by atoms with Crippen LogP contribution in [0.25, 0.3) is 11.0 Å². The van der Waals surface area contributed by atoms with E-state index in [0.29, 0.717) is 35.5 Å². The number of benzene rings is 2. The van der Waals surface area contributed by atoms with E-state index in [4.69, 9.17) is 9.15 Å². The molecule has 7 heteroatoms. The lowest BCUT2D eigenvalue weighted by atomic mass is 9.99. The van der Waals surface area contributed by atoms with Gasteiger partial charge >= 0.3 is 11.8 Å². The topological polar surface area (TPSA) is 42.7 Å². The second-order valence-corrected chi connectivity index (χ2v) is 7.46. The van der Waals surface area contributed by atoms with Gasteiger partial charge in [-0.3, -0.25) is 4.90 Å². The molecule has 2 heterocycles. The molecular weight excluding hydrogens is 383 g/mol. The molecule has 0 fully saturated rings. The number of halogens is 3. The smallest absolute Gasteiger partial charge is 0.416 e. The van der Waals surface area contributed by atoms with Crippen LogP contribution < -0.4 is 10.4 Å². The van der Waals surface area contributed by atoms with Crippen molar-refractivity contribution in [2.24, 2.45) is 0 Å². The Morgan fingerprint density at radius 2 is 1.83 bits per heavy atom. The summed E-state index contributed by atoms with van der Waals surface area (Å²) in [5, 5.41) is 0.850. The van der Waals surface area contributed by atoms with E-state index in [9.17, 15) is 18.0 Å².